The number of aliphatic hydroxyl groups excluding tert-OH is 1. The number of carbonyl (C=O) groups is 1. The molecule has 2 aliphatic rings. The Morgan fingerprint density at radius 1 is 1.08 bits per heavy atom. The molecule has 1 amide bonds. The minimum Gasteiger partial charge on any atom is -0.495 e. The monoisotopic (exact) mass is 523 g/mol. The van der Waals surface area contributed by atoms with Gasteiger partial charge in [0.2, 0.25) is 0 Å². The first-order valence-corrected chi connectivity index (χ1v) is 13.3. The third-order valence-corrected chi connectivity index (χ3v) is 7.56. The van der Waals surface area contributed by atoms with Gasteiger partial charge in [0.15, 0.2) is 0 Å². The van der Waals surface area contributed by atoms with E-state index in [0.29, 0.717) is 31.2 Å². The van der Waals surface area contributed by atoms with Crippen LogP contribution < -0.4 is 10.1 Å². The second-order valence-corrected chi connectivity index (χ2v) is 10.0. The number of ether oxygens (including phenoxy) is 1. The number of amides is 1. The molecule has 2 N–H and O–H groups in total. The van der Waals surface area contributed by atoms with Crippen molar-refractivity contribution >= 4 is 34.1 Å². The number of carbonyl (C=O) groups excluding carboxylic acids is 1. The van der Waals surface area contributed by atoms with E-state index in [-0.39, 0.29) is 12.5 Å². The number of fused-ring (bicyclic) bond motifs is 2. The van der Waals surface area contributed by atoms with Crippen LogP contribution in [0.4, 0.5) is 5.69 Å². The molecule has 9 heteroatoms. The van der Waals surface area contributed by atoms with Crippen LogP contribution in [0.25, 0.3) is 10.9 Å². The number of nitrogens with zero attached hydrogens (tertiary/aromatic N) is 4. The van der Waals surface area contributed by atoms with Crippen molar-refractivity contribution in [2.24, 2.45) is 0 Å². The second kappa shape index (κ2) is 11.6. The maximum Gasteiger partial charge on any atom is 0.255 e. The average molecular weight is 524 g/mol. The molecular weight excluding hydrogens is 490 g/mol. The summed E-state index contributed by atoms with van der Waals surface area (Å²) in [7, 11) is 1.65. The number of pyridine rings is 1. The first-order chi connectivity index (χ1) is 18.1. The topological polar surface area (TPSA) is 81.2 Å². The Labute approximate surface area is 222 Å². The van der Waals surface area contributed by atoms with Gasteiger partial charge in [-0.15, -0.1) is 0 Å². The summed E-state index contributed by atoms with van der Waals surface area (Å²) in [5, 5.41) is 14.3. The van der Waals surface area contributed by atoms with Crippen LogP contribution in [0.3, 0.4) is 0 Å². The van der Waals surface area contributed by atoms with Gasteiger partial charge in [-0.2, -0.15) is 0 Å². The van der Waals surface area contributed by atoms with E-state index in [0.717, 1.165) is 78.3 Å². The highest BCUT2D eigenvalue weighted by molar-refractivity contribution is 6.30. The number of hydrogen-bond acceptors (Lipinski definition) is 7. The van der Waals surface area contributed by atoms with Crippen molar-refractivity contribution < 1.29 is 14.6 Å². The van der Waals surface area contributed by atoms with E-state index in [2.05, 4.69) is 15.1 Å². The fourth-order valence-electron chi connectivity index (χ4n) is 5.32. The Bertz CT molecular complexity index is 1260. The Kier molecular flexibility index (Phi) is 8.10. The highest BCUT2D eigenvalue weighted by Crippen LogP contribution is 2.30. The molecule has 5 rings (SSSR count). The van der Waals surface area contributed by atoms with E-state index in [1.807, 2.05) is 47.4 Å². The number of benzene rings is 2. The van der Waals surface area contributed by atoms with Gasteiger partial charge in [-0.1, -0.05) is 29.8 Å². The summed E-state index contributed by atoms with van der Waals surface area (Å²) in [6, 6.07) is 13.5. The molecule has 0 spiro atoms. The molecule has 0 radical (unpaired) electrons. The quantitative estimate of drug-likeness (QED) is 0.469. The van der Waals surface area contributed by atoms with Crippen LogP contribution in [0.5, 0.6) is 5.75 Å². The van der Waals surface area contributed by atoms with Crippen LogP contribution in [0, 0.1) is 0 Å². The van der Waals surface area contributed by atoms with Crippen molar-refractivity contribution in [1.29, 1.82) is 0 Å². The maximum atomic E-state index is 13.9. The number of hydrogen-bond donors (Lipinski definition) is 2. The molecule has 0 bridgehead atoms. The number of aliphatic hydroxyl groups is 1. The predicted octanol–water partition coefficient (Wildman–Crippen LogP) is 3.12. The first-order valence-electron chi connectivity index (χ1n) is 12.9. The van der Waals surface area contributed by atoms with Crippen molar-refractivity contribution in [3.8, 4) is 5.75 Å². The summed E-state index contributed by atoms with van der Waals surface area (Å²) in [4.78, 5) is 25.4. The molecule has 0 aliphatic carbocycles. The number of halogens is 1. The largest absolute Gasteiger partial charge is 0.495 e. The Balaban J connectivity index is 1.35. The first kappa shape index (κ1) is 25.7. The van der Waals surface area contributed by atoms with E-state index < -0.39 is 0 Å². The van der Waals surface area contributed by atoms with Gasteiger partial charge in [-0.3, -0.25) is 19.6 Å². The summed E-state index contributed by atoms with van der Waals surface area (Å²) >= 11 is 6.18. The van der Waals surface area contributed by atoms with Crippen LogP contribution >= 0.6 is 11.6 Å². The fourth-order valence-corrected chi connectivity index (χ4v) is 5.49. The van der Waals surface area contributed by atoms with E-state index in [1.54, 1.807) is 7.11 Å². The van der Waals surface area contributed by atoms with Gasteiger partial charge in [-0.25, -0.2) is 0 Å². The second-order valence-electron chi connectivity index (χ2n) is 9.58. The number of aromatic nitrogens is 1. The summed E-state index contributed by atoms with van der Waals surface area (Å²) in [5.74, 6) is 0.846. The number of methoxy groups -OCH3 is 1. The van der Waals surface area contributed by atoms with Gasteiger partial charge < -0.3 is 20.1 Å². The molecule has 0 unspecified atom stereocenters. The standard InChI is InChI=1S/C28H34ClN5O3/c1-37-26-7-6-20(29)18-25(26)30-9-11-33-10-8-24-22(19-33)27(21-4-2-3-5-23(21)31-24)28(36)34-14-12-32(13-15-34)16-17-35/h2-7,18,30,35H,8-17,19H2,1H3. The van der Waals surface area contributed by atoms with Crippen LogP contribution in [-0.2, 0) is 13.0 Å². The van der Waals surface area contributed by atoms with Gasteiger partial charge in [0.05, 0.1) is 30.5 Å². The fraction of sp³-hybridized carbons (Fsp3) is 0.429. The maximum absolute atomic E-state index is 13.9. The van der Waals surface area contributed by atoms with Gasteiger partial charge in [0.25, 0.3) is 5.91 Å². The predicted molar refractivity (Wildman–Crippen MR) is 147 cm³/mol. The normalized spacial score (nSPS) is 16.6. The molecule has 3 aromatic rings. The number of rotatable bonds is 8. The third kappa shape index (κ3) is 5.67. The minimum absolute atomic E-state index is 0.0853. The summed E-state index contributed by atoms with van der Waals surface area (Å²) in [6.07, 6.45) is 0.811. The smallest absolute Gasteiger partial charge is 0.255 e. The number of para-hydroxylation sites is 1. The molecule has 0 saturated carbocycles. The molecule has 2 aliphatic heterocycles. The Morgan fingerprint density at radius 2 is 1.89 bits per heavy atom. The summed E-state index contributed by atoms with van der Waals surface area (Å²) in [5.41, 5.74) is 4.63. The lowest BCUT2D eigenvalue weighted by molar-refractivity contribution is 0.0614. The van der Waals surface area contributed by atoms with E-state index in [9.17, 15) is 9.90 Å². The molecule has 8 nitrogen and oxygen atoms in total. The zero-order valence-electron chi connectivity index (χ0n) is 21.3. The van der Waals surface area contributed by atoms with Gasteiger partial charge in [0.1, 0.15) is 5.75 Å². The van der Waals surface area contributed by atoms with E-state index in [1.165, 1.54) is 0 Å². The average Bonchev–Trinajstić information content (AvgIpc) is 2.92. The van der Waals surface area contributed by atoms with Crippen molar-refractivity contribution in [2.45, 2.75) is 13.0 Å². The zero-order chi connectivity index (χ0) is 25.8. The molecule has 1 fully saturated rings. The van der Waals surface area contributed by atoms with Crippen LogP contribution in [0.15, 0.2) is 42.5 Å². The summed E-state index contributed by atoms with van der Waals surface area (Å²) < 4.78 is 5.45. The number of nitrogens with one attached hydrogen (secondary N) is 1. The van der Waals surface area contributed by atoms with Gasteiger partial charge in [-0.05, 0) is 24.3 Å². The van der Waals surface area contributed by atoms with E-state index >= 15 is 0 Å². The molecule has 3 heterocycles. The zero-order valence-corrected chi connectivity index (χ0v) is 22.0. The van der Waals surface area contributed by atoms with Crippen molar-refractivity contribution in [3.63, 3.8) is 0 Å². The molecule has 1 aromatic heterocycles. The molecule has 0 atom stereocenters. The highest BCUT2D eigenvalue weighted by atomic mass is 35.5. The molecule has 37 heavy (non-hydrogen) atoms. The lowest BCUT2D eigenvalue weighted by Gasteiger charge is -2.36. The molecule has 1 saturated heterocycles. The van der Waals surface area contributed by atoms with Gasteiger partial charge >= 0.3 is 0 Å². The third-order valence-electron chi connectivity index (χ3n) is 7.32. The molecular formula is C28H34ClN5O3. The van der Waals surface area contributed by atoms with Crippen molar-refractivity contribution in [3.05, 3.63) is 64.3 Å². The van der Waals surface area contributed by atoms with Gasteiger partial charge in [0, 0.05) is 87.0 Å². The van der Waals surface area contributed by atoms with E-state index in [4.69, 9.17) is 21.3 Å². The lowest BCUT2D eigenvalue weighted by atomic mass is 9.94. The number of piperazine rings is 1. The van der Waals surface area contributed by atoms with Crippen LogP contribution in [0.2, 0.25) is 5.02 Å². The number of anilines is 1. The van der Waals surface area contributed by atoms with Crippen molar-refractivity contribution in [1.82, 2.24) is 19.7 Å². The highest BCUT2D eigenvalue weighted by Gasteiger charge is 2.29. The Hall–Kier alpha value is -2.91. The number of β-amino-alcohol motifs (C(OH)–C–C–N with tert-alkyl or cyclic N) is 1. The van der Waals surface area contributed by atoms with Crippen LogP contribution in [-0.4, -0.2) is 96.8 Å². The molecule has 196 valence electrons. The lowest BCUT2D eigenvalue weighted by Crippen LogP contribution is -2.49. The molecule has 2 aromatic carbocycles. The summed E-state index contributed by atoms with van der Waals surface area (Å²) in [6.45, 7) is 6.81. The Morgan fingerprint density at radius 3 is 2.68 bits per heavy atom. The van der Waals surface area contributed by atoms with Crippen molar-refractivity contribution in [2.75, 3.05) is 71.4 Å². The van der Waals surface area contributed by atoms with Crippen LogP contribution in [0.1, 0.15) is 21.6 Å². The SMILES string of the molecule is COc1ccc(Cl)cc1NCCN1CCc2nc3ccccc3c(C(=O)N3CCN(CCO)CC3)c2C1. The minimum atomic E-state index is 0.0853.